The second-order valence-electron chi connectivity index (χ2n) is 12.8. The highest BCUT2D eigenvalue weighted by atomic mass is 35.5. The van der Waals surface area contributed by atoms with Gasteiger partial charge in [0.2, 0.25) is 0 Å². The van der Waals surface area contributed by atoms with E-state index in [9.17, 15) is 24.0 Å². The van der Waals surface area contributed by atoms with Gasteiger partial charge < -0.3 is 46.4 Å². The van der Waals surface area contributed by atoms with Crippen molar-refractivity contribution >= 4 is 99.7 Å². The first-order valence-corrected chi connectivity index (χ1v) is 18.5. The van der Waals surface area contributed by atoms with Crippen LogP contribution in [0.25, 0.3) is 0 Å². The second kappa shape index (κ2) is 19.7. The van der Waals surface area contributed by atoms with Crippen molar-refractivity contribution in [3.8, 4) is 0 Å². The summed E-state index contributed by atoms with van der Waals surface area (Å²) in [6, 6.07) is 12.8. The monoisotopic (exact) mass is 856 g/mol. The van der Waals surface area contributed by atoms with Gasteiger partial charge in [0.05, 0.1) is 17.2 Å². The van der Waals surface area contributed by atoms with Crippen LogP contribution in [0.5, 0.6) is 0 Å². The van der Waals surface area contributed by atoms with E-state index in [-0.39, 0.29) is 65.6 Å². The Morgan fingerprint density at radius 1 is 0.672 bits per heavy atom. The molecule has 5 amide bonds. The molecule has 0 aliphatic heterocycles. The van der Waals surface area contributed by atoms with Crippen LogP contribution in [0, 0.1) is 5.41 Å². The number of amides is 5. The summed E-state index contributed by atoms with van der Waals surface area (Å²) in [6.45, 7) is 1.40. The summed E-state index contributed by atoms with van der Waals surface area (Å²) >= 11 is 11.8. The highest BCUT2D eigenvalue weighted by Crippen LogP contribution is 2.21. The fourth-order valence-corrected chi connectivity index (χ4v) is 6.17. The molecule has 0 radical (unpaired) electrons. The SMILES string of the molecule is Cl.Cn1cc(NC(=O)c2cc(NC(=O)c3ccc(N(CCCl)CCCl)cc3)nn2C)cc1C(=O)Nc1cc(C(=O)Nc2cc(C(=O)NCCC(=N)N)n(C)n2)n(C)c1. The Balaban J connectivity index is 0.00000744. The molecule has 8 N–H and O–H groups in total. The van der Waals surface area contributed by atoms with Gasteiger partial charge in [-0.25, -0.2) is 0 Å². The van der Waals surface area contributed by atoms with Gasteiger partial charge in [-0.1, -0.05) is 0 Å². The van der Waals surface area contributed by atoms with E-state index in [1.165, 1.54) is 42.8 Å². The number of amidine groups is 1. The van der Waals surface area contributed by atoms with E-state index in [1.54, 1.807) is 52.7 Å². The number of rotatable bonds is 17. The zero-order chi connectivity index (χ0) is 41.4. The van der Waals surface area contributed by atoms with Crippen molar-refractivity contribution in [2.45, 2.75) is 6.42 Å². The maximum Gasteiger partial charge on any atom is 0.274 e. The first-order chi connectivity index (χ1) is 27.2. The predicted molar refractivity (Wildman–Crippen MR) is 225 cm³/mol. The van der Waals surface area contributed by atoms with Crippen LogP contribution in [0.4, 0.5) is 28.7 Å². The number of nitrogens with two attached hydrogens (primary N) is 1. The summed E-state index contributed by atoms with van der Waals surface area (Å²) in [5, 5.41) is 29.2. The number of alkyl halides is 2. The Labute approximate surface area is 349 Å². The van der Waals surface area contributed by atoms with Crippen molar-refractivity contribution < 1.29 is 24.0 Å². The number of carbonyl (C=O) groups excluding carboxylic acids is 5. The van der Waals surface area contributed by atoms with Gasteiger partial charge in [-0.05, 0) is 36.4 Å². The Morgan fingerprint density at radius 3 is 1.60 bits per heavy atom. The average Bonchev–Trinajstić information content (AvgIpc) is 3.92. The van der Waals surface area contributed by atoms with E-state index >= 15 is 0 Å². The summed E-state index contributed by atoms with van der Waals surface area (Å²) in [5.74, 6) is -1.33. The molecule has 58 heavy (non-hydrogen) atoms. The first-order valence-electron chi connectivity index (χ1n) is 17.4. The summed E-state index contributed by atoms with van der Waals surface area (Å²) in [4.78, 5) is 67.1. The fourth-order valence-electron chi connectivity index (χ4n) is 5.76. The molecule has 0 aliphatic carbocycles. The van der Waals surface area contributed by atoms with E-state index in [0.29, 0.717) is 41.8 Å². The molecule has 0 unspecified atom stereocenters. The van der Waals surface area contributed by atoms with Crippen LogP contribution >= 0.6 is 35.6 Å². The molecule has 4 aromatic heterocycles. The van der Waals surface area contributed by atoms with Crippen LogP contribution in [0.1, 0.15) is 58.7 Å². The van der Waals surface area contributed by atoms with Crippen LogP contribution < -0.4 is 37.2 Å². The number of nitrogens with zero attached hydrogens (tertiary/aromatic N) is 7. The number of nitrogens with one attached hydrogen (secondary N) is 6. The predicted octanol–water partition coefficient (Wildman–Crippen LogP) is 3.60. The van der Waals surface area contributed by atoms with E-state index in [4.69, 9.17) is 34.3 Å². The van der Waals surface area contributed by atoms with Gasteiger partial charge in [-0.2, -0.15) is 10.2 Å². The number of halogens is 3. The molecule has 4 heterocycles. The molecule has 0 aliphatic rings. The number of hydrogen-bond acceptors (Lipinski definition) is 9. The molecule has 22 heteroatoms. The molecule has 19 nitrogen and oxygen atoms in total. The molecule has 0 saturated carbocycles. The summed E-state index contributed by atoms with van der Waals surface area (Å²) in [6.07, 6.45) is 3.31. The van der Waals surface area contributed by atoms with Crippen LogP contribution in [0.15, 0.2) is 60.9 Å². The van der Waals surface area contributed by atoms with Crippen molar-refractivity contribution in [1.82, 2.24) is 34.0 Å². The first kappa shape index (κ1) is 44.4. The third-order valence-electron chi connectivity index (χ3n) is 8.58. The summed E-state index contributed by atoms with van der Waals surface area (Å²) in [5.41, 5.74) is 7.99. The van der Waals surface area contributed by atoms with Gasteiger partial charge in [-0.3, -0.25) is 38.7 Å². The topological polar surface area (TPSA) is 244 Å². The Morgan fingerprint density at radius 2 is 1.12 bits per heavy atom. The molecule has 0 saturated heterocycles. The minimum Gasteiger partial charge on any atom is -0.388 e. The summed E-state index contributed by atoms with van der Waals surface area (Å²) in [7, 11) is 6.37. The Kier molecular flexibility index (Phi) is 15.1. The van der Waals surface area contributed by atoms with Crippen molar-refractivity contribution in [2.24, 2.45) is 33.9 Å². The number of aromatic nitrogens is 6. The number of carbonyl (C=O) groups is 5. The largest absolute Gasteiger partial charge is 0.388 e. The van der Waals surface area contributed by atoms with Gasteiger partial charge in [0.15, 0.2) is 11.6 Å². The lowest BCUT2D eigenvalue weighted by Crippen LogP contribution is -2.29. The molecule has 5 aromatic rings. The van der Waals surface area contributed by atoms with Gasteiger partial charge in [0.1, 0.15) is 22.8 Å². The van der Waals surface area contributed by atoms with Crippen LogP contribution in [0.3, 0.4) is 0 Å². The molecular weight excluding hydrogens is 815 g/mol. The third kappa shape index (κ3) is 11.0. The van der Waals surface area contributed by atoms with E-state index in [0.717, 1.165) is 5.69 Å². The third-order valence-corrected chi connectivity index (χ3v) is 8.92. The van der Waals surface area contributed by atoms with Crippen molar-refractivity contribution in [2.75, 3.05) is 57.6 Å². The lowest BCUT2D eigenvalue weighted by atomic mass is 10.2. The van der Waals surface area contributed by atoms with Crippen molar-refractivity contribution in [1.29, 1.82) is 5.41 Å². The standard InChI is InChI=1S/C36H42Cl2N14O5.ClH/c1-48-20-23(43-36(57)28-18-30(46-51(28)4)44-32(53)21-5-7-24(8-6-21)52(13-10-37)14-11-38)15-25(48)34(55)42-22-16-26(49(2)19-22)35(56)45-31-17-27(50(3)47-31)33(54)41-12-9-29(39)40;/h5-8,15-20H,9-14H2,1-4H3,(H3,39,40)(H,41,54)(H,42,55)(H,43,57)(H,44,46,53)(H,45,47,56);1H. The number of aryl methyl sites for hydroxylation is 4. The molecule has 308 valence electrons. The Hall–Kier alpha value is -6.31. The second-order valence-corrected chi connectivity index (χ2v) is 13.5. The maximum absolute atomic E-state index is 13.3. The fraction of sp³-hybridized carbons (Fsp3) is 0.278. The quantitative estimate of drug-likeness (QED) is 0.0410. The van der Waals surface area contributed by atoms with Gasteiger partial charge in [0.25, 0.3) is 29.5 Å². The number of hydrogen-bond donors (Lipinski definition) is 7. The minimum absolute atomic E-state index is 0. The zero-order valence-electron chi connectivity index (χ0n) is 31.9. The Bertz CT molecular complexity index is 2300. The van der Waals surface area contributed by atoms with Gasteiger partial charge in [0, 0.05) is 102 Å². The van der Waals surface area contributed by atoms with E-state index in [1.807, 2.05) is 17.0 Å². The molecule has 0 fully saturated rings. The molecule has 0 spiro atoms. The van der Waals surface area contributed by atoms with E-state index in [2.05, 4.69) is 36.8 Å². The van der Waals surface area contributed by atoms with Crippen LogP contribution in [0.2, 0.25) is 0 Å². The highest BCUT2D eigenvalue weighted by Gasteiger charge is 2.21. The van der Waals surface area contributed by atoms with Gasteiger partial charge >= 0.3 is 0 Å². The van der Waals surface area contributed by atoms with Gasteiger partial charge in [-0.15, -0.1) is 35.6 Å². The summed E-state index contributed by atoms with van der Waals surface area (Å²) < 4.78 is 5.68. The molecular formula is C36H43Cl3N14O5. The van der Waals surface area contributed by atoms with E-state index < -0.39 is 29.5 Å². The lowest BCUT2D eigenvalue weighted by Gasteiger charge is -2.22. The van der Waals surface area contributed by atoms with Crippen molar-refractivity contribution in [3.63, 3.8) is 0 Å². The maximum atomic E-state index is 13.3. The number of anilines is 5. The van der Waals surface area contributed by atoms with Crippen molar-refractivity contribution in [3.05, 3.63) is 89.3 Å². The highest BCUT2D eigenvalue weighted by molar-refractivity contribution is 6.18. The molecule has 0 bridgehead atoms. The van der Waals surface area contributed by atoms with Crippen LogP contribution in [-0.2, 0) is 28.2 Å². The normalized spacial score (nSPS) is 10.7. The average molecular weight is 858 g/mol. The number of benzene rings is 1. The zero-order valence-corrected chi connectivity index (χ0v) is 34.3. The van der Waals surface area contributed by atoms with Crippen LogP contribution in [-0.4, -0.2) is 95.5 Å². The molecule has 1 aromatic carbocycles. The molecule has 0 atom stereocenters. The smallest absolute Gasteiger partial charge is 0.274 e. The minimum atomic E-state index is -0.538. The molecule has 5 rings (SSSR count). The lowest BCUT2D eigenvalue weighted by molar-refractivity contribution is 0.0942.